The van der Waals surface area contributed by atoms with Crippen molar-refractivity contribution >= 4 is 34.8 Å². The van der Waals surface area contributed by atoms with Gasteiger partial charge in [-0.25, -0.2) is 9.67 Å². The molecule has 0 atom stereocenters. The van der Waals surface area contributed by atoms with Gasteiger partial charge in [-0.05, 0) is 67.9 Å². The number of rotatable bonds is 4. The summed E-state index contributed by atoms with van der Waals surface area (Å²) in [5.74, 6) is 0.170. The lowest BCUT2D eigenvalue weighted by molar-refractivity contribution is 0.101. The zero-order chi connectivity index (χ0) is 21.3. The predicted octanol–water partition coefficient (Wildman–Crippen LogP) is 6.11. The van der Waals surface area contributed by atoms with Crippen molar-refractivity contribution in [2.24, 2.45) is 0 Å². The minimum absolute atomic E-state index is 0.0530. The fourth-order valence-electron chi connectivity index (χ4n) is 2.91. The highest BCUT2D eigenvalue weighted by Gasteiger charge is 2.19. The number of carbonyl (C=O) groups is 1. The van der Waals surface area contributed by atoms with Gasteiger partial charge < -0.3 is 5.32 Å². The maximum absolute atomic E-state index is 12.8. The number of anilines is 1. The third-order valence-electron chi connectivity index (χ3n) is 4.62. The molecule has 0 unspecified atom stereocenters. The number of nitrogens with one attached hydrogen (secondary N) is 1. The molecule has 3 aromatic carbocycles. The first-order chi connectivity index (χ1) is 14.4. The predicted molar refractivity (Wildman–Crippen MR) is 121 cm³/mol. The Balaban J connectivity index is 1.76. The molecule has 7 heteroatoms. The van der Waals surface area contributed by atoms with Crippen LogP contribution in [0.15, 0.2) is 66.7 Å². The van der Waals surface area contributed by atoms with E-state index in [1.165, 1.54) is 0 Å². The molecule has 0 aliphatic carbocycles. The van der Waals surface area contributed by atoms with E-state index < -0.39 is 5.91 Å². The average Bonchev–Trinajstić information content (AvgIpc) is 3.18. The highest BCUT2D eigenvalue weighted by molar-refractivity contribution is 6.31. The summed E-state index contributed by atoms with van der Waals surface area (Å²) in [5.41, 5.74) is 4.21. The summed E-state index contributed by atoms with van der Waals surface area (Å²) in [5, 5.41) is 8.52. The number of amides is 1. The Morgan fingerprint density at radius 3 is 2.30 bits per heavy atom. The van der Waals surface area contributed by atoms with Crippen molar-refractivity contribution in [3.8, 4) is 17.1 Å². The molecule has 1 aromatic heterocycles. The summed E-state index contributed by atoms with van der Waals surface area (Å²) in [7, 11) is 0. The van der Waals surface area contributed by atoms with Gasteiger partial charge in [0.1, 0.15) is 0 Å². The van der Waals surface area contributed by atoms with Crippen molar-refractivity contribution in [2.75, 3.05) is 5.32 Å². The molecule has 0 aliphatic rings. The monoisotopic (exact) mass is 436 g/mol. The van der Waals surface area contributed by atoms with Crippen molar-refractivity contribution in [3.05, 3.63) is 93.7 Å². The molecule has 0 radical (unpaired) electrons. The van der Waals surface area contributed by atoms with Gasteiger partial charge in [0.15, 0.2) is 5.82 Å². The molecule has 4 aromatic rings. The van der Waals surface area contributed by atoms with Gasteiger partial charge in [-0.15, -0.1) is 5.10 Å². The van der Waals surface area contributed by atoms with Gasteiger partial charge in [0.25, 0.3) is 5.91 Å². The molecule has 4 rings (SSSR count). The van der Waals surface area contributed by atoms with Crippen LogP contribution in [-0.4, -0.2) is 20.7 Å². The van der Waals surface area contributed by atoms with Crippen LogP contribution in [0.25, 0.3) is 17.1 Å². The van der Waals surface area contributed by atoms with E-state index in [1.54, 1.807) is 22.9 Å². The Hall–Kier alpha value is -3.15. The van der Waals surface area contributed by atoms with E-state index in [0.29, 0.717) is 27.2 Å². The highest BCUT2D eigenvalue weighted by Crippen LogP contribution is 2.26. The summed E-state index contributed by atoms with van der Waals surface area (Å²) in [6, 6.07) is 20.3. The quantitative estimate of drug-likeness (QED) is 0.419. The second-order valence-corrected chi connectivity index (χ2v) is 7.77. The topological polar surface area (TPSA) is 59.8 Å². The summed E-state index contributed by atoms with van der Waals surface area (Å²) < 4.78 is 1.61. The zero-order valence-corrected chi connectivity index (χ0v) is 17.9. The van der Waals surface area contributed by atoms with Crippen molar-refractivity contribution in [3.63, 3.8) is 0 Å². The molecule has 0 saturated heterocycles. The smallest absolute Gasteiger partial charge is 0.295 e. The largest absolute Gasteiger partial charge is 0.319 e. The van der Waals surface area contributed by atoms with Gasteiger partial charge in [-0.3, -0.25) is 4.79 Å². The Morgan fingerprint density at radius 1 is 0.933 bits per heavy atom. The van der Waals surface area contributed by atoms with Crippen LogP contribution in [0.3, 0.4) is 0 Å². The van der Waals surface area contributed by atoms with Crippen molar-refractivity contribution in [1.29, 1.82) is 0 Å². The number of carbonyl (C=O) groups excluding carboxylic acids is 1. The minimum atomic E-state index is -0.397. The zero-order valence-electron chi connectivity index (χ0n) is 16.4. The van der Waals surface area contributed by atoms with Crippen molar-refractivity contribution in [2.45, 2.75) is 13.8 Å². The summed E-state index contributed by atoms with van der Waals surface area (Å²) >= 11 is 12.3. The maximum atomic E-state index is 12.8. The fourth-order valence-corrected chi connectivity index (χ4v) is 3.21. The molecule has 0 bridgehead atoms. The first-order valence-electron chi connectivity index (χ1n) is 9.28. The number of hydrogen-bond acceptors (Lipinski definition) is 3. The summed E-state index contributed by atoms with van der Waals surface area (Å²) in [6.45, 7) is 3.91. The van der Waals surface area contributed by atoms with Crippen LogP contribution in [0.4, 0.5) is 5.69 Å². The van der Waals surface area contributed by atoms with Crippen LogP contribution in [-0.2, 0) is 0 Å². The molecule has 0 fully saturated rings. The SMILES string of the molecule is Cc1ccc(NC(=O)c2nc(-c3ccc(Cl)cc3)n(-c3ccc(C)c(Cl)c3)n2)cc1. The molecule has 30 heavy (non-hydrogen) atoms. The molecule has 5 nitrogen and oxygen atoms in total. The first kappa shape index (κ1) is 20.1. The van der Waals surface area contributed by atoms with E-state index in [9.17, 15) is 4.79 Å². The van der Waals surface area contributed by atoms with E-state index in [0.717, 1.165) is 16.7 Å². The van der Waals surface area contributed by atoms with E-state index >= 15 is 0 Å². The molecule has 1 N–H and O–H groups in total. The standard InChI is InChI=1S/C23H18Cl2N4O/c1-14-3-10-18(11-4-14)26-23(30)21-27-22(16-6-8-17(24)9-7-16)29(28-21)19-12-5-15(2)20(25)13-19/h3-13H,1-2H3,(H,26,30). The Labute approximate surface area is 184 Å². The number of benzene rings is 3. The van der Waals surface area contributed by atoms with Gasteiger partial charge in [-0.1, -0.05) is 47.0 Å². The average molecular weight is 437 g/mol. The second-order valence-electron chi connectivity index (χ2n) is 6.93. The fraction of sp³-hybridized carbons (Fsp3) is 0.0870. The number of aromatic nitrogens is 3. The van der Waals surface area contributed by atoms with E-state index in [1.807, 2.05) is 62.4 Å². The van der Waals surface area contributed by atoms with E-state index in [-0.39, 0.29) is 5.82 Å². The Kier molecular flexibility index (Phi) is 5.57. The Bertz CT molecular complexity index is 1220. The number of aryl methyl sites for hydroxylation is 2. The van der Waals surface area contributed by atoms with Gasteiger partial charge in [0.2, 0.25) is 5.82 Å². The van der Waals surface area contributed by atoms with Crippen molar-refractivity contribution in [1.82, 2.24) is 14.8 Å². The summed E-state index contributed by atoms with van der Waals surface area (Å²) in [4.78, 5) is 17.3. The molecule has 150 valence electrons. The first-order valence-corrected chi connectivity index (χ1v) is 10.0. The second kappa shape index (κ2) is 8.30. The van der Waals surface area contributed by atoms with Gasteiger partial charge in [0.05, 0.1) is 5.69 Å². The van der Waals surface area contributed by atoms with Crippen LogP contribution in [0.2, 0.25) is 10.0 Å². The lowest BCUT2D eigenvalue weighted by Gasteiger charge is -2.07. The Morgan fingerprint density at radius 2 is 1.63 bits per heavy atom. The van der Waals surface area contributed by atoms with Gasteiger partial charge in [0, 0.05) is 21.3 Å². The molecule has 0 saturated carbocycles. The third-order valence-corrected chi connectivity index (χ3v) is 5.28. The number of halogens is 2. The van der Waals surface area contributed by atoms with Crippen LogP contribution in [0.5, 0.6) is 0 Å². The number of hydrogen-bond donors (Lipinski definition) is 1. The van der Waals surface area contributed by atoms with E-state index in [4.69, 9.17) is 23.2 Å². The number of nitrogens with zero attached hydrogens (tertiary/aromatic N) is 3. The van der Waals surface area contributed by atoms with Crippen LogP contribution in [0.1, 0.15) is 21.7 Å². The summed E-state index contributed by atoms with van der Waals surface area (Å²) in [6.07, 6.45) is 0. The molecule has 0 spiro atoms. The van der Waals surface area contributed by atoms with E-state index in [2.05, 4.69) is 15.4 Å². The van der Waals surface area contributed by atoms with Crippen LogP contribution < -0.4 is 5.32 Å². The minimum Gasteiger partial charge on any atom is -0.319 e. The van der Waals surface area contributed by atoms with Crippen LogP contribution in [0, 0.1) is 13.8 Å². The van der Waals surface area contributed by atoms with Crippen LogP contribution >= 0.6 is 23.2 Å². The molecule has 1 heterocycles. The molecular formula is C23H18Cl2N4O. The lowest BCUT2D eigenvalue weighted by atomic mass is 10.2. The molecular weight excluding hydrogens is 419 g/mol. The van der Waals surface area contributed by atoms with Gasteiger partial charge >= 0.3 is 0 Å². The van der Waals surface area contributed by atoms with Gasteiger partial charge in [-0.2, -0.15) is 0 Å². The third kappa shape index (κ3) is 4.22. The molecule has 0 aliphatic heterocycles. The lowest BCUT2D eigenvalue weighted by Crippen LogP contribution is -2.14. The normalized spacial score (nSPS) is 10.8. The molecule has 1 amide bonds. The van der Waals surface area contributed by atoms with Crippen molar-refractivity contribution < 1.29 is 4.79 Å². The highest BCUT2D eigenvalue weighted by atomic mass is 35.5. The maximum Gasteiger partial charge on any atom is 0.295 e.